The molecular formula is C29H56N2O9S2. The summed E-state index contributed by atoms with van der Waals surface area (Å²) in [5, 5.41) is 9.52. The van der Waals surface area contributed by atoms with Crippen molar-refractivity contribution in [3.05, 3.63) is 0 Å². The SMILES string of the molecule is C.CC(C)(C)OC(=O)N1CCC(CO)(CS(C)(=O)=O)CC1.CCOC(=O)C1(CSC)CCN(C(=O)OC(C)(C)C)CC1. The second-order valence-electron chi connectivity index (χ2n) is 13.1. The molecule has 0 aromatic carbocycles. The van der Waals surface area contributed by atoms with Gasteiger partial charge in [-0.2, -0.15) is 11.8 Å². The maximum absolute atomic E-state index is 12.2. The van der Waals surface area contributed by atoms with Gasteiger partial charge in [-0.3, -0.25) is 4.79 Å². The zero-order valence-electron chi connectivity index (χ0n) is 26.4. The molecule has 0 aromatic heterocycles. The van der Waals surface area contributed by atoms with E-state index in [1.54, 1.807) is 42.3 Å². The summed E-state index contributed by atoms with van der Waals surface area (Å²) in [4.78, 5) is 39.5. The van der Waals surface area contributed by atoms with Crippen molar-refractivity contribution in [3.8, 4) is 0 Å². The summed E-state index contributed by atoms with van der Waals surface area (Å²) in [6.45, 7) is 14.9. The van der Waals surface area contributed by atoms with Crippen molar-refractivity contribution in [2.45, 2.75) is 92.8 Å². The monoisotopic (exact) mass is 640 g/mol. The molecule has 0 bridgehead atoms. The van der Waals surface area contributed by atoms with Crippen molar-refractivity contribution in [3.63, 3.8) is 0 Å². The molecule has 2 amide bonds. The Hall–Kier alpha value is -1.73. The van der Waals surface area contributed by atoms with Gasteiger partial charge in [0.05, 0.1) is 17.8 Å². The molecule has 0 saturated carbocycles. The highest BCUT2D eigenvalue weighted by Crippen LogP contribution is 2.36. The number of rotatable bonds is 7. The first kappa shape index (κ1) is 40.3. The molecule has 2 rings (SSSR count). The Kier molecular flexibility index (Phi) is 15.7. The molecular weight excluding hydrogens is 584 g/mol. The van der Waals surface area contributed by atoms with Crippen LogP contribution in [0.1, 0.15) is 81.6 Å². The lowest BCUT2D eigenvalue weighted by molar-refractivity contribution is -0.156. The number of amides is 2. The molecule has 0 spiro atoms. The number of aliphatic hydroxyl groups excluding tert-OH is 1. The number of thioether (sulfide) groups is 1. The predicted octanol–water partition coefficient (Wildman–Crippen LogP) is 4.61. The fourth-order valence-corrected chi connectivity index (χ4v) is 7.26. The lowest BCUT2D eigenvalue weighted by Crippen LogP contribution is -2.49. The summed E-state index contributed by atoms with van der Waals surface area (Å²) in [7, 11) is -3.16. The molecule has 42 heavy (non-hydrogen) atoms. The number of aliphatic hydroxyl groups is 1. The van der Waals surface area contributed by atoms with E-state index in [1.165, 1.54) is 6.26 Å². The first-order chi connectivity index (χ1) is 18.7. The number of nitrogens with zero attached hydrogens (tertiary/aromatic N) is 2. The average molecular weight is 641 g/mol. The van der Waals surface area contributed by atoms with Crippen molar-refractivity contribution in [1.82, 2.24) is 9.80 Å². The third kappa shape index (κ3) is 13.7. The summed E-state index contributed by atoms with van der Waals surface area (Å²) in [5.74, 6) is 0.551. The van der Waals surface area contributed by atoms with Gasteiger partial charge in [0.2, 0.25) is 0 Å². The molecule has 2 heterocycles. The molecule has 2 fully saturated rings. The number of ether oxygens (including phenoxy) is 3. The van der Waals surface area contributed by atoms with Crippen molar-refractivity contribution in [1.29, 1.82) is 0 Å². The molecule has 2 saturated heterocycles. The van der Waals surface area contributed by atoms with E-state index in [1.807, 2.05) is 34.0 Å². The number of carbonyl (C=O) groups is 3. The minimum Gasteiger partial charge on any atom is -0.466 e. The van der Waals surface area contributed by atoms with E-state index in [0.717, 1.165) is 5.75 Å². The standard InChI is InChI=1S/C15H27NO4S.C13H25NO5S.CH4/c1-6-19-12(17)15(11-21-5)7-9-16(10-8-15)13(18)20-14(2,3)4;1-12(2,3)19-11(16)14-7-5-13(9-15,6-8-14)10-20(4,17)18;/h6-11H2,1-5H3;15H,5-10H2,1-4H3;1H4. The highest BCUT2D eigenvalue weighted by Gasteiger charge is 2.44. The molecule has 0 unspecified atom stereocenters. The van der Waals surface area contributed by atoms with Crippen LogP contribution in [-0.2, 0) is 28.8 Å². The Morgan fingerprint density at radius 3 is 1.57 bits per heavy atom. The van der Waals surface area contributed by atoms with Gasteiger partial charge in [-0.1, -0.05) is 7.43 Å². The van der Waals surface area contributed by atoms with Gasteiger partial charge < -0.3 is 29.1 Å². The molecule has 0 aliphatic carbocycles. The van der Waals surface area contributed by atoms with Crippen molar-refractivity contribution in [2.75, 3.05) is 63.4 Å². The molecule has 2 aliphatic heterocycles. The highest BCUT2D eigenvalue weighted by molar-refractivity contribution is 7.98. The van der Waals surface area contributed by atoms with E-state index in [-0.39, 0.29) is 37.9 Å². The zero-order chi connectivity index (χ0) is 31.7. The smallest absolute Gasteiger partial charge is 0.410 e. The zero-order valence-corrected chi connectivity index (χ0v) is 28.0. The van der Waals surface area contributed by atoms with Crippen LogP contribution in [0.2, 0.25) is 0 Å². The minimum atomic E-state index is -3.16. The Labute approximate surface area is 258 Å². The number of esters is 1. The van der Waals surface area contributed by atoms with Gasteiger partial charge in [0, 0.05) is 50.2 Å². The highest BCUT2D eigenvalue weighted by atomic mass is 32.2. The van der Waals surface area contributed by atoms with Crippen LogP contribution in [0.3, 0.4) is 0 Å². The van der Waals surface area contributed by atoms with Gasteiger partial charge in [-0.25, -0.2) is 18.0 Å². The minimum absolute atomic E-state index is 0. The molecule has 248 valence electrons. The lowest BCUT2D eigenvalue weighted by Gasteiger charge is -2.40. The van der Waals surface area contributed by atoms with Gasteiger partial charge in [-0.05, 0) is 80.4 Å². The van der Waals surface area contributed by atoms with Crippen molar-refractivity contribution in [2.24, 2.45) is 10.8 Å². The Morgan fingerprint density at radius 2 is 1.26 bits per heavy atom. The molecule has 0 radical (unpaired) electrons. The maximum Gasteiger partial charge on any atom is 0.410 e. The van der Waals surface area contributed by atoms with Gasteiger partial charge in [0.15, 0.2) is 0 Å². The Balaban J connectivity index is 0.000000783. The Morgan fingerprint density at radius 1 is 0.857 bits per heavy atom. The van der Waals surface area contributed by atoms with Crippen LogP contribution < -0.4 is 0 Å². The molecule has 13 heteroatoms. The average Bonchev–Trinajstić information content (AvgIpc) is 2.82. The lowest BCUT2D eigenvalue weighted by atomic mass is 9.80. The first-order valence-electron chi connectivity index (χ1n) is 14.1. The fraction of sp³-hybridized carbons (Fsp3) is 0.897. The number of hydrogen-bond acceptors (Lipinski definition) is 10. The van der Waals surface area contributed by atoms with Crippen LogP contribution in [0.25, 0.3) is 0 Å². The van der Waals surface area contributed by atoms with Crippen LogP contribution >= 0.6 is 11.8 Å². The molecule has 0 atom stereocenters. The largest absolute Gasteiger partial charge is 0.466 e. The summed E-state index contributed by atoms with van der Waals surface area (Å²) >= 11 is 1.65. The van der Waals surface area contributed by atoms with E-state index in [9.17, 15) is 27.9 Å². The first-order valence-corrected chi connectivity index (χ1v) is 17.6. The molecule has 1 N–H and O–H groups in total. The van der Waals surface area contributed by atoms with Gasteiger partial charge in [0.25, 0.3) is 0 Å². The van der Waals surface area contributed by atoms with Gasteiger partial charge in [0.1, 0.15) is 21.0 Å². The van der Waals surface area contributed by atoms with Crippen LogP contribution in [-0.4, -0.2) is 116 Å². The number of piperidine rings is 2. The molecule has 2 aliphatic rings. The van der Waals surface area contributed by atoms with E-state index < -0.39 is 31.9 Å². The normalized spacial score (nSPS) is 18.5. The number of likely N-dealkylation sites (tertiary alicyclic amines) is 2. The summed E-state index contributed by atoms with van der Waals surface area (Å²) in [6, 6.07) is 0. The Bertz CT molecular complexity index is 972. The maximum atomic E-state index is 12.2. The van der Waals surface area contributed by atoms with Crippen LogP contribution in [0.15, 0.2) is 0 Å². The number of carbonyl (C=O) groups excluding carboxylic acids is 3. The number of sulfone groups is 1. The van der Waals surface area contributed by atoms with Crippen LogP contribution in [0.4, 0.5) is 9.59 Å². The van der Waals surface area contributed by atoms with Crippen molar-refractivity contribution >= 4 is 39.8 Å². The summed E-state index contributed by atoms with van der Waals surface area (Å²) in [5.41, 5.74) is -2.14. The summed E-state index contributed by atoms with van der Waals surface area (Å²) < 4.78 is 38.8. The van der Waals surface area contributed by atoms with E-state index in [2.05, 4.69) is 0 Å². The van der Waals surface area contributed by atoms with Crippen LogP contribution in [0.5, 0.6) is 0 Å². The third-order valence-corrected chi connectivity index (χ3v) is 8.86. The third-order valence-electron chi connectivity index (χ3n) is 6.88. The van der Waals surface area contributed by atoms with Crippen LogP contribution in [0, 0.1) is 10.8 Å². The quantitative estimate of drug-likeness (QED) is 0.310. The topological polar surface area (TPSA) is 140 Å². The van der Waals surface area contributed by atoms with Gasteiger partial charge in [-0.15, -0.1) is 0 Å². The van der Waals surface area contributed by atoms with Crippen molar-refractivity contribution < 1.29 is 42.1 Å². The number of hydrogen-bond donors (Lipinski definition) is 1. The second-order valence-corrected chi connectivity index (χ2v) is 16.1. The summed E-state index contributed by atoms with van der Waals surface area (Å²) in [6.07, 6.45) is 4.67. The second kappa shape index (κ2) is 16.4. The fourth-order valence-electron chi connectivity index (χ4n) is 4.81. The molecule has 11 nitrogen and oxygen atoms in total. The van der Waals surface area contributed by atoms with Gasteiger partial charge >= 0.3 is 18.2 Å². The molecule has 0 aromatic rings. The van der Waals surface area contributed by atoms with E-state index in [0.29, 0.717) is 58.5 Å². The van der Waals surface area contributed by atoms with E-state index >= 15 is 0 Å². The van der Waals surface area contributed by atoms with E-state index in [4.69, 9.17) is 14.2 Å². The predicted molar refractivity (Wildman–Crippen MR) is 167 cm³/mol.